The van der Waals surface area contributed by atoms with E-state index in [2.05, 4.69) is 0 Å². The smallest absolute Gasteiger partial charge is 0.328 e. The number of carboxylic acids is 1. The van der Waals surface area contributed by atoms with E-state index in [0.29, 0.717) is 12.0 Å². The van der Waals surface area contributed by atoms with E-state index in [4.69, 9.17) is 5.11 Å². The molecule has 0 unspecified atom stereocenters. The van der Waals surface area contributed by atoms with Gasteiger partial charge in [0.05, 0.1) is 0 Å². The van der Waals surface area contributed by atoms with Crippen LogP contribution in [0.25, 0.3) is 0 Å². The SMILES string of the molecule is CC1(C)CC/C(=C\C(=O)O)C1=O. The van der Waals surface area contributed by atoms with Crippen molar-refractivity contribution >= 4 is 11.8 Å². The predicted octanol–water partition coefficient (Wildman–Crippen LogP) is 1.39. The van der Waals surface area contributed by atoms with Gasteiger partial charge in [-0.05, 0) is 12.8 Å². The quantitative estimate of drug-likeness (QED) is 0.602. The molecular formula is C9H12O3. The molecule has 0 saturated heterocycles. The number of carbonyl (C=O) groups is 2. The Morgan fingerprint density at radius 3 is 2.50 bits per heavy atom. The molecule has 1 fully saturated rings. The lowest BCUT2D eigenvalue weighted by atomic mass is 9.90. The summed E-state index contributed by atoms with van der Waals surface area (Å²) in [6.45, 7) is 3.69. The normalized spacial score (nSPS) is 24.8. The van der Waals surface area contributed by atoms with Crippen LogP contribution in [0.2, 0.25) is 0 Å². The van der Waals surface area contributed by atoms with Gasteiger partial charge in [0.15, 0.2) is 5.78 Å². The van der Waals surface area contributed by atoms with Crippen LogP contribution in [0.15, 0.2) is 11.6 Å². The van der Waals surface area contributed by atoms with Crippen molar-refractivity contribution in [2.24, 2.45) is 5.41 Å². The highest BCUT2D eigenvalue weighted by atomic mass is 16.4. The number of hydrogen-bond donors (Lipinski definition) is 1. The monoisotopic (exact) mass is 168 g/mol. The average molecular weight is 168 g/mol. The van der Waals surface area contributed by atoms with Gasteiger partial charge in [-0.2, -0.15) is 0 Å². The summed E-state index contributed by atoms with van der Waals surface area (Å²) in [4.78, 5) is 21.7. The van der Waals surface area contributed by atoms with Crippen LogP contribution in [0.1, 0.15) is 26.7 Å². The van der Waals surface area contributed by atoms with Gasteiger partial charge in [-0.15, -0.1) is 0 Å². The molecule has 3 nitrogen and oxygen atoms in total. The average Bonchev–Trinajstić information content (AvgIpc) is 2.15. The van der Waals surface area contributed by atoms with Gasteiger partial charge in [0.1, 0.15) is 0 Å². The zero-order valence-corrected chi connectivity index (χ0v) is 7.26. The van der Waals surface area contributed by atoms with Crippen molar-refractivity contribution in [1.29, 1.82) is 0 Å². The maximum absolute atomic E-state index is 11.4. The van der Waals surface area contributed by atoms with Gasteiger partial charge in [-0.3, -0.25) is 4.79 Å². The summed E-state index contributed by atoms with van der Waals surface area (Å²) >= 11 is 0. The molecule has 12 heavy (non-hydrogen) atoms. The van der Waals surface area contributed by atoms with Crippen LogP contribution in [0, 0.1) is 5.41 Å². The van der Waals surface area contributed by atoms with Crippen molar-refractivity contribution in [3.05, 3.63) is 11.6 Å². The molecule has 1 N–H and O–H groups in total. The molecular weight excluding hydrogens is 156 g/mol. The third-order valence-electron chi connectivity index (χ3n) is 2.22. The van der Waals surface area contributed by atoms with Crippen LogP contribution in [0.3, 0.4) is 0 Å². The highest BCUT2D eigenvalue weighted by Gasteiger charge is 2.36. The Kier molecular flexibility index (Phi) is 2.04. The van der Waals surface area contributed by atoms with Gasteiger partial charge in [0.25, 0.3) is 0 Å². The predicted molar refractivity (Wildman–Crippen MR) is 43.7 cm³/mol. The molecule has 0 aromatic carbocycles. The Labute approximate surface area is 71.1 Å². The van der Waals surface area contributed by atoms with Crippen LogP contribution < -0.4 is 0 Å². The summed E-state index contributed by atoms with van der Waals surface area (Å²) in [5, 5.41) is 8.43. The van der Waals surface area contributed by atoms with E-state index < -0.39 is 5.97 Å². The van der Waals surface area contributed by atoms with E-state index in [0.717, 1.165) is 12.5 Å². The summed E-state index contributed by atoms with van der Waals surface area (Å²) < 4.78 is 0. The Hall–Kier alpha value is -1.12. The number of carboxylic acid groups (broad SMARTS) is 1. The molecule has 66 valence electrons. The third kappa shape index (κ3) is 1.55. The van der Waals surface area contributed by atoms with Crippen molar-refractivity contribution in [2.75, 3.05) is 0 Å². The number of hydrogen-bond acceptors (Lipinski definition) is 2. The second-order valence-electron chi connectivity index (χ2n) is 3.72. The lowest BCUT2D eigenvalue weighted by Gasteiger charge is -2.12. The van der Waals surface area contributed by atoms with Gasteiger partial charge in [0, 0.05) is 17.1 Å². The van der Waals surface area contributed by atoms with Gasteiger partial charge in [-0.25, -0.2) is 4.79 Å². The molecule has 0 heterocycles. The minimum atomic E-state index is -1.03. The molecule has 0 spiro atoms. The van der Waals surface area contributed by atoms with Crippen LogP contribution in [-0.4, -0.2) is 16.9 Å². The molecule has 0 radical (unpaired) electrons. The molecule has 1 saturated carbocycles. The van der Waals surface area contributed by atoms with Crippen LogP contribution >= 0.6 is 0 Å². The Bertz CT molecular complexity index is 261. The summed E-state index contributed by atoms with van der Waals surface area (Å²) in [5.74, 6) is -1.05. The highest BCUT2D eigenvalue weighted by Crippen LogP contribution is 2.36. The first-order valence-electron chi connectivity index (χ1n) is 3.92. The molecule has 1 aliphatic rings. The van der Waals surface area contributed by atoms with Crippen molar-refractivity contribution in [1.82, 2.24) is 0 Å². The third-order valence-corrected chi connectivity index (χ3v) is 2.22. The van der Waals surface area contributed by atoms with Gasteiger partial charge in [-0.1, -0.05) is 13.8 Å². The number of ketones is 1. The second kappa shape index (κ2) is 2.73. The fraction of sp³-hybridized carbons (Fsp3) is 0.556. The first-order chi connectivity index (χ1) is 5.43. The van der Waals surface area contributed by atoms with Crippen LogP contribution in [0.5, 0.6) is 0 Å². The minimum absolute atomic E-state index is 0.0232. The van der Waals surface area contributed by atoms with Gasteiger partial charge in [0.2, 0.25) is 0 Å². The second-order valence-corrected chi connectivity index (χ2v) is 3.72. The summed E-state index contributed by atoms with van der Waals surface area (Å²) in [6, 6.07) is 0. The standard InChI is InChI=1S/C9H12O3/c1-9(2)4-3-6(8(9)12)5-7(10)11/h5H,3-4H2,1-2H3,(H,10,11)/b6-5+. The van der Waals surface area contributed by atoms with Crippen LogP contribution in [-0.2, 0) is 9.59 Å². The van der Waals surface area contributed by atoms with Crippen molar-refractivity contribution < 1.29 is 14.7 Å². The zero-order valence-electron chi connectivity index (χ0n) is 7.26. The molecule has 0 amide bonds. The fourth-order valence-electron chi connectivity index (χ4n) is 1.40. The number of aliphatic carboxylic acids is 1. The van der Waals surface area contributed by atoms with E-state index in [9.17, 15) is 9.59 Å². The number of Topliss-reactive ketones (excluding diaryl/α,β-unsaturated/α-hetero) is 1. The molecule has 0 bridgehead atoms. The number of allylic oxidation sites excluding steroid dienone is 1. The molecule has 3 heteroatoms. The van der Waals surface area contributed by atoms with Gasteiger partial charge < -0.3 is 5.11 Å². The van der Waals surface area contributed by atoms with E-state index in [-0.39, 0.29) is 11.2 Å². The van der Waals surface area contributed by atoms with Gasteiger partial charge >= 0.3 is 5.97 Å². The topological polar surface area (TPSA) is 54.4 Å². The first kappa shape index (κ1) is 8.97. The van der Waals surface area contributed by atoms with Crippen molar-refractivity contribution in [3.8, 4) is 0 Å². The van der Waals surface area contributed by atoms with E-state index >= 15 is 0 Å². The van der Waals surface area contributed by atoms with E-state index in [1.54, 1.807) is 0 Å². The van der Waals surface area contributed by atoms with Crippen molar-refractivity contribution in [3.63, 3.8) is 0 Å². The molecule has 0 atom stereocenters. The largest absolute Gasteiger partial charge is 0.478 e. The van der Waals surface area contributed by atoms with E-state index in [1.807, 2.05) is 13.8 Å². The first-order valence-corrected chi connectivity index (χ1v) is 3.92. The maximum Gasteiger partial charge on any atom is 0.328 e. The minimum Gasteiger partial charge on any atom is -0.478 e. The zero-order chi connectivity index (χ0) is 9.35. The Morgan fingerprint density at radius 2 is 2.17 bits per heavy atom. The molecule has 0 aromatic heterocycles. The summed E-state index contributed by atoms with van der Waals surface area (Å²) in [7, 11) is 0. The maximum atomic E-state index is 11.4. The molecule has 0 aromatic rings. The Balaban J connectivity index is 2.88. The summed E-state index contributed by atoms with van der Waals surface area (Å²) in [6.07, 6.45) is 2.38. The number of rotatable bonds is 1. The van der Waals surface area contributed by atoms with Crippen molar-refractivity contribution in [2.45, 2.75) is 26.7 Å². The lowest BCUT2D eigenvalue weighted by Crippen LogP contribution is -2.17. The summed E-state index contributed by atoms with van der Waals surface area (Å²) in [5.41, 5.74) is 0.0916. The molecule has 1 aliphatic carbocycles. The lowest BCUT2D eigenvalue weighted by molar-refractivity contribution is -0.132. The Morgan fingerprint density at radius 1 is 1.58 bits per heavy atom. The van der Waals surface area contributed by atoms with Crippen LogP contribution in [0.4, 0.5) is 0 Å². The highest BCUT2D eigenvalue weighted by molar-refractivity contribution is 6.05. The molecule has 1 rings (SSSR count). The van der Waals surface area contributed by atoms with E-state index in [1.165, 1.54) is 0 Å². The fourth-order valence-corrected chi connectivity index (χ4v) is 1.40. The number of carbonyl (C=O) groups excluding carboxylic acids is 1. The molecule has 0 aliphatic heterocycles.